The SMILES string of the molecule is O=C(N[C@@H](Cc1ccc([N+](=O)[O-])cc1)c1nccs1)c1cccc2ccccc12. The van der Waals surface area contributed by atoms with Crippen LogP contribution in [0.4, 0.5) is 5.69 Å². The van der Waals surface area contributed by atoms with Crippen LogP contribution in [0.15, 0.2) is 78.3 Å². The average Bonchev–Trinajstić information content (AvgIpc) is 3.28. The van der Waals surface area contributed by atoms with E-state index in [1.54, 1.807) is 18.3 Å². The van der Waals surface area contributed by atoms with Crippen molar-refractivity contribution in [3.8, 4) is 0 Å². The number of carbonyl (C=O) groups is 1. The van der Waals surface area contributed by atoms with Gasteiger partial charge >= 0.3 is 0 Å². The third-order valence-electron chi connectivity index (χ3n) is 4.68. The van der Waals surface area contributed by atoms with Crippen LogP contribution in [0.2, 0.25) is 0 Å². The Hall–Kier alpha value is -3.58. The molecule has 0 aliphatic rings. The molecule has 7 heteroatoms. The molecule has 0 saturated heterocycles. The maximum atomic E-state index is 13.1. The number of nitro groups is 1. The predicted octanol–water partition coefficient (Wildman–Crippen LogP) is 4.92. The van der Waals surface area contributed by atoms with Gasteiger partial charge in [-0.15, -0.1) is 11.3 Å². The Morgan fingerprint density at radius 1 is 1.07 bits per heavy atom. The number of rotatable bonds is 6. The van der Waals surface area contributed by atoms with E-state index in [2.05, 4.69) is 10.3 Å². The molecule has 0 aliphatic carbocycles. The Kier molecular flexibility index (Phi) is 5.31. The number of non-ortho nitro benzene ring substituents is 1. The van der Waals surface area contributed by atoms with Gasteiger partial charge in [0.1, 0.15) is 5.01 Å². The molecule has 29 heavy (non-hydrogen) atoms. The lowest BCUT2D eigenvalue weighted by Crippen LogP contribution is -2.30. The lowest BCUT2D eigenvalue weighted by Gasteiger charge is -2.17. The van der Waals surface area contributed by atoms with Gasteiger partial charge < -0.3 is 5.32 Å². The second kappa shape index (κ2) is 8.20. The van der Waals surface area contributed by atoms with E-state index in [0.29, 0.717) is 12.0 Å². The highest BCUT2D eigenvalue weighted by Crippen LogP contribution is 2.24. The quantitative estimate of drug-likeness (QED) is 0.366. The van der Waals surface area contributed by atoms with E-state index in [0.717, 1.165) is 21.3 Å². The minimum absolute atomic E-state index is 0.0411. The number of nitrogens with one attached hydrogen (secondary N) is 1. The number of hydrogen-bond donors (Lipinski definition) is 1. The summed E-state index contributed by atoms with van der Waals surface area (Å²) >= 11 is 1.47. The monoisotopic (exact) mass is 403 g/mol. The van der Waals surface area contributed by atoms with Crippen molar-refractivity contribution in [1.82, 2.24) is 10.3 Å². The van der Waals surface area contributed by atoms with Gasteiger partial charge in [-0.3, -0.25) is 14.9 Å². The fourth-order valence-electron chi connectivity index (χ4n) is 3.26. The molecule has 1 heterocycles. The minimum Gasteiger partial charge on any atom is -0.342 e. The third-order valence-corrected chi connectivity index (χ3v) is 5.57. The summed E-state index contributed by atoms with van der Waals surface area (Å²) in [5.41, 5.74) is 1.53. The average molecular weight is 403 g/mol. The van der Waals surface area contributed by atoms with Gasteiger partial charge in [0.05, 0.1) is 11.0 Å². The Morgan fingerprint density at radius 2 is 1.83 bits per heavy atom. The van der Waals surface area contributed by atoms with E-state index in [-0.39, 0.29) is 17.6 Å². The molecule has 0 radical (unpaired) electrons. The number of nitro benzene ring substituents is 1. The molecule has 1 amide bonds. The number of amides is 1. The van der Waals surface area contributed by atoms with E-state index < -0.39 is 4.92 Å². The third kappa shape index (κ3) is 4.14. The fraction of sp³-hybridized carbons (Fsp3) is 0.0909. The Bertz CT molecular complexity index is 1150. The van der Waals surface area contributed by atoms with Gasteiger partial charge in [-0.05, 0) is 28.8 Å². The van der Waals surface area contributed by atoms with Crippen LogP contribution in [0.3, 0.4) is 0 Å². The highest BCUT2D eigenvalue weighted by Gasteiger charge is 2.20. The van der Waals surface area contributed by atoms with E-state index in [9.17, 15) is 14.9 Å². The van der Waals surface area contributed by atoms with Crippen LogP contribution >= 0.6 is 11.3 Å². The molecule has 6 nitrogen and oxygen atoms in total. The topological polar surface area (TPSA) is 85.1 Å². The van der Waals surface area contributed by atoms with Gasteiger partial charge in [0.2, 0.25) is 0 Å². The zero-order valence-corrected chi connectivity index (χ0v) is 16.1. The summed E-state index contributed by atoms with van der Waals surface area (Å²) in [5, 5.41) is 18.5. The van der Waals surface area contributed by atoms with Gasteiger partial charge in [0.15, 0.2) is 0 Å². The van der Waals surface area contributed by atoms with E-state index >= 15 is 0 Å². The molecular formula is C22H17N3O3S. The number of aromatic nitrogens is 1. The molecule has 0 fully saturated rings. The summed E-state index contributed by atoms with van der Waals surface area (Å²) < 4.78 is 0. The highest BCUT2D eigenvalue weighted by atomic mass is 32.1. The van der Waals surface area contributed by atoms with Crippen LogP contribution in [0, 0.1) is 10.1 Å². The lowest BCUT2D eigenvalue weighted by molar-refractivity contribution is -0.384. The van der Waals surface area contributed by atoms with Crippen molar-refractivity contribution < 1.29 is 9.72 Å². The van der Waals surface area contributed by atoms with Crippen molar-refractivity contribution in [1.29, 1.82) is 0 Å². The highest BCUT2D eigenvalue weighted by molar-refractivity contribution is 7.09. The van der Waals surface area contributed by atoms with Gasteiger partial charge in [-0.1, -0.05) is 48.5 Å². The summed E-state index contributed by atoms with van der Waals surface area (Å²) in [6, 6.07) is 19.4. The number of fused-ring (bicyclic) bond motifs is 1. The molecule has 0 aliphatic heterocycles. The molecule has 1 atom stereocenters. The van der Waals surface area contributed by atoms with Crippen molar-refractivity contribution in [2.75, 3.05) is 0 Å². The van der Waals surface area contributed by atoms with Crippen molar-refractivity contribution in [2.45, 2.75) is 12.5 Å². The lowest BCUT2D eigenvalue weighted by atomic mass is 10.0. The van der Waals surface area contributed by atoms with Gasteiger partial charge in [-0.2, -0.15) is 0 Å². The number of nitrogens with zero attached hydrogens (tertiary/aromatic N) is 2. The largest absolute Gasteiger partial charge is 0.342 e. The fourth-order valence-corrected chi connectivity index (χ4v) is 3.94. The van der Waals surface area contributed by atoms with E-state index in [4.69, 9.17) is 0 Å². The van der Waals surface area contributed by atoms with Crippen LogP contribution in [-0.2, 0) is 6.42 Å². The molecule has 4 rings (SSSR count). The Labute approximate surface area is 171 Å². The predicted molar refractivity (Wildman–Crippen MR) is 113 cm³/mol. The van der Waals surface area contributed by atoms with Gasteiger partial charge in [0.25, 0.3) is 11.6 Å². The summed E-state index contributed by atoms with van der Waals surface area (Å²) in [5.74, 6) is -0.177. The molecule has 3 aromatic carbocycles. The van der Waals surface area contributed by atoms with Gasteiger partial charge in [-0.25, -0.2) is 4.98 Å². The van der Waals surface area contributed by atoms with Gasteiger partial charge in [0, 0.05) is 29.3 Å². The molecule has 144 valence electrons. The molecule has 4 aromatic rings. The number of benzene rings is 3. The molecule has 0 spiro atoms. The first kappa shape index (κ1) is 18.8. The van der Waals surface area contributed by atoms with Crippen molar-refractivity contribution >= 4 is 33.7 Å². The summed E-state index contributed by atoms with van der Waals surface area (Å²) in [7, 11) is 0. The van der Waals surface area contributed by atoms with Crippen LogP contribution in [0.5, 0.6) is 0 Å². The smallest absolute Gasteiger partial charge is 0.269 e. The van der Waals surface area contributed by atoms with Crippen LogP contribution < -0.4 is 5.32 Å². The maximum absolute atomic E-state index is 13.1. The molecule has 1 N–H and O–H groups in total. The normalized spacial score (nSPS) is 11.9. The zero-order chi connectivity index (χ0) is 20.2. The maximum Gasteiger partial charge on any atom is 0.269 e. The first-order chi connectivity index (χ1) is 14.1. The summed E-state index contributed by atoms with van der Waals surface area (Å²) in [6.45, 7) is 0. The first-order valence-corrected chi connectivity index (χ1v) is 9.91. The van der Waals surface area contributed by atoms with Crippen molar-refractivity contribution in [3.05, 3.63) is 105 Å². The molecule has 0 unspecified atom stereocenters. The van der Waals surface area contributed by atoms with E-state index in [1.165, 1.54) is 23.5 Å². The molecule has 0 bridgehead atoms. The molecule has 0 saturated carbocycles. The molecule has 1 aromatic heterocycles. The van der Waals surface area contributed by atoms with Crippen molar-refractivity contribution in [2.24, 2.45) is 0 Å². The molecular weight excluding hydrogens is 386 g/mol. The first-order valence-electron chi connectivity index (χ1n) is 9.03. The minimum atomic E-state index is -0.426. The van der Waals surface area contributed by atoms with Crippen molar-refractivity contribution in [3.63, 3.8) is 0 Å². The van der Waals surface area contributed by atoms with Crippen LogP contribution in [0.1, 0.15) is 27.0 Å². The Balaban J connectivity index is 1.61. The van der Waals surface area contributed by atoms with Crippen LogP contribution in [0.25, 0.3) is 10.8 Å². The standard InChI is InChI=1S/C22H17N3O3S/c26-21(19-7-3-5-16-4-1-2-6-18(16)19)24-20(22-23-12-13-29-22)14-15-8-10-17(11-9-15)25(27)28/h1-13,20H,14H2,(H,24,26)/t20-/m0/s1. The zero-order valence-electron chi connectivity index (χ0n) is 15.3. The number of thiazole rings is 1. The second-order valence-corrected chi connectivity index (χ2v) is 7.48. The summed E-state index contributed by atoms with van der Waals surface area (Å²) in [6.07, 6.45) is 2.19. The number of hydrogen-bond acceptors (Lipinski definition) is 5. The summed E-state index contributed by atoms with van der Waals surface area (Å²) in [4.78, 5) is 27.9. The van der Waals surface area contributed by atoms with E-state index in [1.807, 2.05) is 47.8 Å². The number of carbonyl (C=O) groups excluding carboxylic acids is 1. The Morgan fingerprint density at radius 3 is 2.55 bits per heavy atom. The second-order valence-electron chi connectivity index (χ2n) is 6.55. The van der Waals surface area contributed by atoms with Crippen LogP contribution in [-0.4, -0.2) is 15.8 Å².